The van der Waals surface area contributed by atoms with Crippen LogP contribution in [0.4, 0.5) is 0 Å². The van der Waals surface area contributed by atoms with E-state index in [-0.39, 0.29) is 11.8 Å². The zero-order chi connectivity index (χ0) is 19.0. The summed E-state index contributed by atoms with van der Waals surface area (Å²) in [5.41, 5.74) is 0.742. The Morgan fingerprint density at radius 3 is 2.59 bits per heavy atom. The maximum atomic E-state index is 12.6. The molecule has 2 aliphatic heterocycles. The fraction of sp³-hybridized carbons (Fsp3) is 0.588. The van der Waals surface area contributed by atoms with Gasteiger partial charge in [0.1, 0.15) is 11.6 Å². The Labute approximate surface area is 162 Å². The van der Waals surface area contributed by atoms with Crippen molar-refractivity contribution in [2.24, 2.45) is 0 Å². The fourth-order valence-corrected chi connectivity index (χ4v) is 5.37. The molecule has 2 aromatic heterocycles. The summed E-state index contributed by atoms with van der Waals surface area (Å²) in [7, 11) is -3.13. The summed E-state index contributed by atoms with van der Waals surface area (Å²) in [4.78, 5) is 14.5. The van der Waals surface area contributed by atoms with Gasteiger partial charge in [-0.3, -0.25) is 4.79 Å². The van der Waals surface area contributed by atoms with Gasteiger partial charge in [0.25, 0.3) is 5.91 Å². The van der Waals surface area contributed by atoms with Gasteiger partial charge in [-0.1, -0.05) is 0 Å². The van der Waals surface area contributed by atoms with Crippen molar-refractivity contribution < 1.29 is 13.2 Å². The van der Waals surface area contributed by atoms with Crippen LogP contribution in [0.15, 0.2) is 16.8 Å². The molecule has 1 amide bonds. The van der Waals surface area contributed by atoms with Crippen LogP contribution in [0.5, 0.6) is 0 Å². The van der Waals surface area contributed by atoms with Gasteiger partial charge < -0.3 is 9.47 Å². The minimum Gasteiger partial charge on any atom is -0.336 e. The van der Waals surface area contributed by atoms with Crippen LogP contribution in [0.1, 0.15) is 40.8 Å². The van der Waals surface area contributed by atoms with Crippen molar-refractivity contribution in [1.29, 1.82) is 0 Å². The molecule has 4 rings (SSSR count). The molecule has 2 aromatic rings. The maximum absolute atomic E-state index is 12.6. The summed E-state index contributed by atoms with van der Waals surface area (Å²) in [5.74, 6) is 2.13. The van der Waals surface area contributed by atoms with E-state index in [2.05, 4.69) is 14.8 Å². The van der Waals surface area contributed by atoms with E-state index in [9.17, 15) is 13.2 Å². The van der Waals surface area contributed by atoms with Crippen LogP contribution in [0.25, 0.3) is 0 Å². The lowest BCUT2D eigenvalue weighted by atomic mass is 9.97. The lowest BCUT2D eigenvalue weighted by Gasteiger charge is -2.30. The molecule has 1 saturated heterocycles. The standard InChI is InChI=1S/C17H23N5O3S2/c1-27(24,25)21-7-2-13(3-8-21)16-19-18-15-4-6-20(9-10-22(15)16)17(23)14-5-11-26-12-14/h5,11-13H,2-4,6-10H2,1H3. The molecule has 0 atom stereocenters. The highest BCUT2D eigenvalue weighted by molar-refractivity contribution is 7.88. The molecule has 0 radical (unpaired) electrons. The van der Waals surface area contributed by atoms with Gasteiger partial charge in [0.05, 0.1) is 11.8 Å². The van der Waals surface area contributed by atoms with E-state index in [4.69, 9.17) is 0 Å². The molecule has 0 saturated carbocycles. The lowest BCUT2D eigenvalue weighted by Crippen LogP contribution is -2.37. The zero-order valence-electron chi connectivity index (χ0n) is 15.2. The Kier molecular flexibility index (Phi) is 5.04. The third-order valence-corrected chi connectivity index (χ3v) is 7.38. The van der Waals surface area contributed by atoms with Crippen LogP contribution in [0.2, 0.25) is 0 Å². The van der Waals surface area contributed by atoms with E-state index in [1.165, 1.54) is 21.9 Å². The summed E-state index contributed by atoms with van der Waals surface area (Å²) >= 11 is 1.53. The highest BCUT2D eigenvalue weighted by Gasteiger charge is 2.30. The normalized spacial score (nSPS) is 19.7. The number of piperidine rings is 1. The highest BCUT2D eigenvalue weighted by atomic mass is 32.2. The Morgan fingerprint density at radius 1 is 1.15 bits per heavy atom. The van der Waals surface area contributed by atoms with E-state index >= 15 is 0 Å². The summed E-state index contributed by atoms with van der Waals surface area (Å²) in [6.07, 6.45) is 3.45. The van der Waals surface area contributed by atoms with Crippen LogP contribution < -0.4 is 0 Å². The Bertz CT molecular complexity index is 915. The predicted molar refractivity (Wildman–Crippen MR) is 102 cm³/mol. The van der Waals surface area contributed by atoms with Gasteiger partial charge in [0.2, 0.25) is 10.0 Å². The second-order valence-corrected chi connectivity index (χ2v) is 9.88. The first kappa shape index (κ1) is 18.6. The molecule has 1 fully saturated rings. The van der Waals surface area contributed by atoms with Gasteiger partial charge in [-0.05, 0) is 24.3 Å². The number of nitrogens with zero attached hydrogens (tertiary/aromatic N) is 5. The molecule has 27 heavy (non-hydrogen) atoms. The monoisotopic (exact) mass is 409 g/mol. The van der Waals surface area contributed by atoms with Crippen LogP contribution >= 0.6 is 11.3 Å². The molecule has 0 aromatic carbocycles. The van der Waals surface area contributed by atoms with Crippen molar-refractivity contribution in [3.05, 3.63) is 34.0 Å². The van der Waals surface area contributed by atoms with Gasteiger partial charge >= 0.3 is 0 Å². The van der Waals surface area contributed by atoms with Gasteiger partial charge in [0.15, 0.2) is 0 Å². The van der Waals surface area contributed by atoms with E-state index in [0.717, 1.165) is 30.1 Å². The third-order valence-electron chi connectivity index (χ3n) is 5.40. The van der Waals surface area contributed by atoms with Crippen molar-refractivity contribution in [3.8, 4) is 0 Å². The molecular formula is C17H23N5O3S2. The highest BCUT2D eigenvalue weighted by Crippen LogP contribution is 2.29. The first-order valence-corrected chi connectivity index (χ1v) is 11.9. The number of aromatic nitrogens is 3. The average Bonchev–Trinajstić information content (AvgIpc) is 3.27. The van der Waals surface area contributed by atoms with E-state index in [1.807, 2.05) is 21.7 Å². The van der Waals surface area contributed by atoms with Crippen molar-refractivity contribution in [1.82, 2.24) is 24.0 Å². The minimum atomic E-state index is -3.13. The Balaban J connectivity index is 1.45. The largest absolute Gasteiger partial charge is 0.336 e. The molecule has 0 spiro atoms. The molecule has 0 N–H and O–H groups in total. The number of carbonyl (C=O) groups is 1. The van der Waals surface area contributed by atoms with Gasteiger partial charge in [-0.25, -0.2) is 12.7 Å². The topological polar surface area (TPSA) is 88.4 Å². The third kappa shape index (κ3) is 3.78. The number of rotatable bonds is 3. The van der Waals surface area contributed by atoms with Crippen LogP contribution in [-0.2, 0) is 23.0 Å². The van der Waals surface area contributed by atoms with Gasteiger partial charge in [0, 0.05) is 50.4 Å². The molecule has 0 bridgehead atoms. The Morgan fingerprint density at radius 2 is 1.93 bits per heavy atom. The van der Waals surface area contributed by atoms with E-state index in [0.29, 0.717) is 39.1 Å². The second kappa shape index (κ2) is 7.33. The van der Waals surface area contributed by atoms with Crippen molar-refractivity contribution in [2.45, 2.75) is 31.7 Å². The van der Waals surface area contributed by atoms with Crippen LogP contribution in [0.3, 0.4) is 0 Å². The number of fused-ring (bicyclic) bond motifs is 1. The molecule has 4 heterocycles. The molecule has 10 heteroatoms. The number of hydrogen-bond donors (Lipinski definition) is 0. The predicted octanol–water partition coefficient (Wildman–Crippen LogP) is 1.18. The number of hydrogen-bond acceptors (Lipinski definition) is 6. The summed E-state index contributed by atoms with van der Waals surface area (Å²) < 4.78 is 27.1. The van der Waals surface area contributed by atoms with E-state index in [1.54, 1.807) is 0 Å². The van der Waals surface area contributed by atoms with E-state index < -0.39 is 10.0 Å². The zero-order valence-corrected chi connectivity index (χ0v) is 16.9. The van der Waals surface area contributed by atoms with Crippen molar-refractivity contribution >= 4 is 27.3 Å². The van der Waals surface area contributed by atoms with Crippen molar-refractivity contribution in [3.63, 3.8) is 0 Å². The lowest BCUT2D eigenvalue weighted by molar-refractivity contribution is 0.0759. The average molecular weight is 410 g/mol. The molecule has 0 aliphatic carbocycles. The summed E-state index contributed by atoms with van der Waals surface area (Å²) in [5, 5.41) is 12.6. The van der Waals surface area contributed by atoms with Crippen molar-refractivity contribution in [2.75, 3.05) is 32.4 Å². The maximum Gasteiger partial charge on any atom is 0.254 e. The molecule has 8 nitrogen and oxygen atoms in total. The van der Waals surface area contributed by atoms with Crippen LogP contribution in [-0.4, -0.2) is 70.7 Å². The molecular weight excluding hydrogens is 386 g/mol. The minimum absolute atomic E-state index is 0.0676. The summed E-state index contributed by atoms with van der Waals surface area (Å²) in [6, 6.07) is 1.86. The number of carbonyl (C=O) groups excluding carboxylic acids is 1. The first-order valence-electron chi connectivity index (χ1n) is 9.12. The molecule has 0 unspecified atom stereocenters. The number of sulfonamides is 1. The van der Waals surface area contributed by atoms with Crippen LogP contribution in [0, 0.1) is 0 Å². The number of amides is 1. The SMILES string of the molecule is CS(=O)(=O)N1CCC(c2nnc3n2CCN(C(=O)c2ccsc2)CC3)CC1. The second-order valence-electron chi connectivity index (χ2n) is 7.12. The first-order chi connectivity index (χ1) is 12.9. The molecule has 146 valence electrons. The number of thiophene rings is 1. The summed E-state index contributed by atoms with van der Waals surface area (Å²) in [6.45, 7) is 3.00. The quantitative estimate of drug-likeness (QED) is 0.759. The smallest absolute Gasteiger partial charge is 0.254 e. The van der Waals surface area contributed by atoms with Gasteiger partial charge in [-0.15, -0.1) is 10.2 Å². The van der Waals surface area contributed by atoms with Gasteiger partial charge in [-0.2, -0.15) is 11.3 Å². The Hall–Kier alpha value is -1.78. The fourth-order valence-electron chi connectivity index (χ4n) is 3.86. The molecule has 2 aliphatic rings.